The van der Waals surface area contributed by atoms with Gasteiger partial charge in [-0.2, -0.15) is 13.2 Å². The molecule has 3 heterocycles. The fraction of sp³-hybridized carbons (Fsp3) is 0.281. The largest absolute Gasteiger partial charge is 0.416 e. The minimum atomic E-state index is -4.59. The van der Waals surface area contributed by atoms with Gasteiger partial charge in [-0.15, -0.1) is 11.3 Å². The molecule has 44 heavy (non-hydrogen) atoms. The second-order valence-corrected chi connectivity index (χ2v) is 12.0. The lowest BCUT2D eigenvalue weighted by molar-refractivity contribution is -0.138. The van der Waals surface area contributed by atoms with Crippen molar-refractivity contribution in [3.63, 3.8) is 0 Å². The Morgan fingerprint density at radius 3 is 2.34 bits per heavy atom. The maximum absolute atomic E-state index is 14.0. The van der Waals surface area contributed by atoms with E-state index >= 15 is 0 Å². The summed E-state index contributed by atoms with van der Waals surface area (Å²) in [4.78, 5) is 35.6. The number of pyridine rings is 1. The van der Waals surface area contributed by atoms with Crippen LogP contribution in [0.25, 0.3) is 10.4 Å². The number of aryl methyl sites for hydroxylation is 1. The van der Waals surface area contributed by atoms with Crippen LogP contribution in [0.5, 0.6) is 0 Å². The minimum absolute atomic E-state index is 0.00844. The SMILES string of the molecule is CCN1CCN(Cc2ccc(NC(=O)c3ccc(Cl)c(NC(=O)c4cncc(-c5cc(C)cs5)c4)c3)cc2C(F)(F)F)CC1. The average Bonchev–Trinajstić information content (AvgIpc) is 3.45. The molecule has 1 aliphatic heterocycles. The van der Waals surface area contributed by atoms with Crippen molar-refractivity contribution in [2.24, 2.45) is 0 Å². The van der Waals surface area contributed by atoms with Crippen molar-refractivity contribution in [3.05, 3.63) is 99.1 Å². The van der Waals surface area contributed by atoms with Crippen molar-refractivity contribution < 1.29 is 22.8 Å². The zero-order chi connectivity index (χ0) is 31.4. The van der Waals surface area contributed by atoms with Crippen molar-refractivity contribution >= 4 is 46.1 Å². The molecule has 0 unspecified atom stereocenters. The summed E-state index contributed by atoms with van der Waals surface area (Å²) >= 11 is 7.86. The van der Waals surface area contributed by atoms with Crippen LogP contribution in [0.4, 0.5) is 24.5 Å². The van der Waals surface area contributed by atoms with Gasteiger partial charge in [-0.25, -0.2) is 0 Å². The molecule has 1 saturated heterocycles. The molecule has 0 aliphatic carbocycles. The van der Waals surface area contributed by atoms with E-state index in [1.54, 1.807) is 23.6 Å². The van der Waals surface area contributed by atoms with Gasteiger partial charge in [0.2, 0.25) is 0 Å². The van der Waals surface area contributed by atoms with Gasteiger partial charge in [0.1, 0.15) is 0 Å². The third-order valence-corrected chi connectivity index (χ3v) is 8.90. The number of nitrogens with one attached hydrogen (secondary N) is 2. The topological polar surface area (TPSA) is 77.6 Å². The molecular weight excluding hydrogens is 611 g/mol. The molecule has 1 fully saturated rings. The Morgan fingerprint density at radius 1 is 0.932 bits per heavy atom. The smallest absolute Gasteiger partial charge is 0.322 e. The highest BCUT2D eigenvalue weighted by Crippen LogP contribution is 2.35. The van der Waals surface area contributed by atoms with E-state index < -0.39 is 23.6 Å². The first-order chi connectivity index (χ1) is 21.0. The summed E-state index contributed by atoms with van der Waals surface area (Å²) in [7, 11) is 0. The zero-order valence-electron chi connectivity index (χ0n) is 24.2. The van der Waals surface area contributed by atoms with E-state index in [-0.39, 0.29) is 34.1 Å². The number of rotatable bonds is 8. The van der Waals surface area contributed by atoms with Crippen LogP contribution >= 0.6 is 22.9 Å². The van der Waals surface area contributed by atoms with E-state index in [2.05, 4.69) is 27.4 Å². The molecular formula is C32H31ClF3N5O2S. The number of benzene rings is 2. The molecule has 2 aromatic carbocycles. The van der Waals surface area contributed by atoms with Crippen molar-refractivity contribution in [3.8, 4) is 10.4 Å². The van der Waals surface area contributed by atoms with Crippen LogP contribution in [0.1, 0.15) is 44.3 Å². The number of likely N-dealkylation sites (N-methyl/N-ethyl adjacent to an activating group) is 1. The molecule has 0 bridgehead atoms. The van der Waals surface area contributed by atoms with Crippen LogP contribution in [0.2, 0.25) is 5.02 Å². The predicted octanol–water partition coefficient (Wildman–Crippen LogP) is 7.43. The Balaban J connectivity index is 1.29. The monoisotopic (exact) mass is 641 g/mol. The maximum Gasteiger partial charge on any atom is 0.416 e. The lowest BCUT2D eigenvalue weighted by Gasteiger charge is -2.34. The van der Waals surface area contributed by atoms with Gasteiger partial charge in [-0.3, -0.25) is 19.5 Å². The van der Waals surface area contributed by atoms with Crippen LogP contribution in [0.3, 0.4) is 0 Å². The maximum atomic E-state index is 14.0. The van der Waals surface area contributed by atoms with Gasteiger partial charge in [0.25, 0.3) is 11.8 Å². The number of halogens is 4. The Morgan fingerprint density at radius 2 is 1.66 bits per heavy atom. The van der Waals surface area contributed by atoms with Crippen molar-refractivity contribution in [1.82, 2.24) is 14.8 Å². The van der Waals surface area contributed by atoms with E-state index in [0.29, 0.717) is 18.7 Å². The van der Waals surface area contributed by atoms with Gasteiger partial charge >= 0.3 is 6.18 Å². The molecule has 0 radical (unpaired) electrons. The van der Waals surface area contributed by atoms with Gasteiger partial charge in [-0.05, 0) is 72.4 Å². The molecule has 2 amide bonds. The first-order valence-electron chi connectivity index (χ1n) is 14.1. The highest BCUT2D eigenvalue weighted by molar-refractivity contribution is 7.13. The Bertz CT molecular complexity index is 1670. The van der Waals surface area contributed by atoms with E-state index in [4.69, 9.17) is 11.6 Å². The first kappa shape index (κ1) is 31.6. The Hall–Kier alpha value is -3.77. The van der Waals surface area contributed by atoms with E-state index in [1.165, 1.54) is 36.5 Å². The number of thiophene rings is 1. The lowest BCUT2D eigenvalue weighted by Crippen LogP contribution is -2.45. The second kappa shape index (κ2) is 13.5. The van der Waals surface area contributed by atoms with Gasteiger partial charge < -0.3 is 15.5 Å². The highest BCUT2D eigenvalue weighted by atomic mass is 35.5. The van der Waals surface area contributed by atoms with E-state index in [1.807, 2.05) is 23.3 Å². The number of hydrogen-bond acceptors (Lipinski definition) is 6. The predicted molar refractivity (Wildman–Crippen MR) is 168 cm³/mol. The highest BCUT2D eigenvalue weighted by Gasteiger charge is 2.34. The number of piperazine rings is 1. The van der Waals surface area contributed by atoms with Crippen LogP contribution in [-0.2, 0) is 12.7 Å². The van der Waals surface area contributed by atoms with Gasteiger partial charge in [0, 0.05) is 66.8 Å². The number of amides is 2. The summed E-state index contributed by atoms with van der Waals surface area (Å²) < 4.78 is 42.1. The van der Waals surface area contributed by atoms with Crippen molar-refractivity contribution in [2.75, 3.05) is 43.4 Å². The molecule has 4 aromatic rings. The van der Waals surface area contributed by atoms with Crippen LogP contribution in [0.15, 0.2) is 66.3 Å². The quantitative estimate of drug-likeness (QED) is 0.209. The summed E-state index contributed by atoms with van der Waals surface area (Å²) in [5, 5.41) is 7.45. The molecule has 0 spiro atoms. The van der Waals surface area contributed by atoms with Crippen molar-refractivity contribution in [2.45, 2.75) is 26.6 Å². The van der Waals surface area contributed by atoms with Crippen LogP contribution in [-0.4, -0.2) is 59.3 Å². The summed E-state index contributed by atoms with van der Waals surface area (Å²) in [5.74, 6) is -1.13. The molecule has 5 rings (SSSR count). The van der Waals surface area contributed by atoms with E-state index in [9.17, 15) is 22.8 Å². The number of nitrogens with zero attached hydrogens (tertiary/aromatic N) is 3. The summed E-state index contributed by atoms with van der Waals surface area (Å²) in [6, 6.07) is 11.8. The van der Waals surface area contributed by atoms with Crippen molar-refractivity contribution in [1.29, 1.82) is 0 Å². The van der Waals surface area contributed by atoms with Gasteiger partial charge in [-0.1, -0.05) is 24.6 Å². The van der Waals surface area contributed by atoms with Crippen LogP contribution < -0.4 is 10.6 Å². The molecule has 0 saturated carbocycles. The number of carbonyl (C=O) groups excluding carboxylic acids is 2. The normalized spacial score (nSPS) is 14.4. The molecule has 12 heteroatoms. The van der Waals surface area contributed by atoms with E-state index in [0.717, 1.165) is 41.7 Å². The summed E-state index contributed by atoms with van der Waals surface area (Å²) in [6.45, 7) is 8.14. The molecule has 2 N–H and O–H groups in total. The molecule has 0 atom stereocenters. The molecule has 1 aliphatic rings. The van der Waals surface area contributed by atoms with Gasteiger partial charge in [0.15, 0.2) is 0 Å². The fourth-order valence-corrected chi connectivity index (χ4v) is 6.05. The van der Waals surface area contributed by atoms with Gasteiger partial charge in [0.05, 0.1) is 21.8 Å². The second-order valence-electron chi connectivity index (χ2n) is 10.6. The first-order valence-corrected chi connectivity index (χ1v) is 15.3. The molecule has 7 nitrogen and oxygen atoms in total. The van der Waals surface area contributed by atoms with Crippen LogP contribution in [0, 0.1) is 6.92 Å². The molecule has 2 aromatic heterocycles. The lowest BCUT2D eigenvalue weighted by atomic mass is 10.0. The number of hydrogen-bond donors (Lipinski definition) is 2. The average molecular weight is 642 g/mol. The number of alkyl halides is 3. The Labute approximate surface area is 262 Å². The Kier molecular flexibility index (Phi) is 9.69. The zero-order valence-corrected chi connectivity index (χ0v) is 25.7. The number of anilines is 2. The summed E-state index contributed by atoms with van der Waals surface area (Å²) in [5.41, 5.74) is 1.86. The third kappa shape index (κ3) is 7.65. The number of aromatic nitrogens is 1. The summed E-state index contributed by atoms with van der Waals surface area (Å²) in [6.07, 6.45) is -1.49. The fourth-order valence-electron chi connectivity index (χ4n) is 5.00. The minimum Gasteiger partial charge on any atom is -0.322 e. The third-order valence-electron chi connectivity index (χ3n) is 7.47. The number of carbonyl (C=O) groups is 2. The molecule has 230 valence electrons. The standard InChI is InChI=1S/C32H31ClF3N5O2S/c1-3-40-8-10-41(11-9-40)18-22-4-6-25(15-26(22)32(34,35)36)38-30(42)21-5-7-27(33)28(14-21)39-31(43)24-13-23(16-37-17-24)29-12-20(2)19-44-29/h4-7,12-17,19H,3,8-11,18H2,1-2H3,(H,38,42)(H,39,43).